The fourth-order valence-electron chi connectivity index (χ4n) is 2.37. The first-order chi connectivity index (χ1) is 12.7. The summed E-state index contributed by atoms with van der Waals surface area (Å²) < 4.78 is 10.6. The Morgan fingerprint density at radius 3 is 1.96 bits per heavy atom. The van der Waals surface area contributed by atoms with Gasteiger partial charge >= 0.3 is 11.9 Å². The average Bonchev–Trinajstić information content (AvgIpc) is 2.69. The monoisotopic (exact) mass is 346 g/mol. The van der Waals surface area contributed by atoms with Crippen LogP contribution in [0.2, 0.25) is 0 Å². The fourth-order valence-corrected chi connectivity index (χ4v) is 2.37. The molecular weight excluding hydrogens is 328 g/mol. The Labute approximate surface area is 152 Å². The van der Waals surface area contributed by atoms with Crippen LogP contribution in [0.15, 0.2) is 84.9 Å². The van der Waals surface area contributed by atoms with Gasteiger partial charge in [0.2, 0.25) is 0 Å². The van der Waals surface area contributed by atoms with Crippen molar-refractivity contribution in [2.24, 2.45) is 0 Å². The second-order valence-corrected chi connectivity index (χ2v) is 5.72. The molecule has 0 radical (unpaired) electrons. The normalized spacial score (nSPS) is 10.2. The summed E-state index contributed by atoms with van der Waals surface area (Å²) in [7, 11) is 0. The maximum atomic E-state index is 12.0. The zero-order valence-electron chi connectivity index (χ0n) is 14.1. The van der Waals surface area contributed by atoms with Crippen LogP contribution in [0.5, 0.6) is 5.75 Å². The van der Waals surface area contributed by atoms with Gasteiger partial charge in [-0.15, -0.1) is 0 Å². The van der Waals surface area contributed by atoms with Gasteiger partial charge in [0.05, 0.1) is 12.0 Å². The third kappa shape index (κ3) is 5.05. The highest BCUT2D eigenvalue weighted by Gasteiger charge is 2.09. The van der Waals surface area contributed by atoms with E-state index in [0.29, 0.717) is 11.3 Å². The zero-order valence-corrected chi connectivity index (χ0v) is 14.1. The van der Waals surface area contributed by atoms with Gasteiger partial charge in [-0.2, -0.15) is 0 Å². The van der Waals surface area contributed by atoms with E-state index in [0.717, 1.165) is 11.1 Å². The smallest absolute Gasteiger partial charge is 0.343 e. The van der Waals surface area contributed by atoms with Crippen LogP contribution >= 0.6 is 0 Å². The molecule has 0 N–H and O–H groups in total. The molecule has 0 heterocycles. The number of carbonyl (C=O) groups excluding carboxylic acids is 2. The number of benzene rings is 3. The van der Waals surface area contributed by atoms with Crippen molar-refractivity contribution < 1.29 is 19.1 Å². The highest BCUT2D eigenvalue weighted by atomic mass is 16.5. The molecule has 0 atom stereocenters. The Balaban J connectivity index is 1.51. The quantitative estimate of drug-likeness (QED) is 0.496. The summed E-state index contributed by atoms with van der Waals surface area (Å²) >= 11 is 0. The predicted octanol–water partition coefficient (Wildman–Crippen LogP) is 4.19. The van der Waals surface area contributed by atoms with Crippen molar-refractivity contribution in [2.75, 3.05) is 0 Å². The molecule has 0 fully saturated rings. The van der Waals surface area contributed by atoms with Crippen LogP contribution in [0.25, 0.3) is 0 Å². The van der Waals surface area contributed by atoms with Crippen LogP contribution in [0.1, 0.15) is 21.5 Å². The van der Waals surface area contributed by atoms with E-state index in [9.17, 15) is 9.59 Å². The van der Waals surface area contributed by atoms with Crippen LogP contribution in [-0.4, -0.2) is 11.9 Å². The van der Waals surface area contributed by atoms with Crippen LogP contribution < -0.4 is 4.74 Å². The Kier molecular flexibility index (Phi) is 5.78. The second-order valence-electron chi connectivity index (χ2n) is 5.72. The molecule has 130 valence electrons. The van der Waals surface area contributed by atoms with Gasteiger partial charge in [0.15, 0.2) is 0 Å². The Morgan fingerprint density at radius 1 is 0.692 bits per heavy atom. The molecule has 0 amide bonds. The summed E-state index contributed by atoms with van der Waals surface area (Å²) in [6.45, 7) is 0.256. The lowest BCUT2D eigenvalue weighted by Gasteiger charge is -2.07. The van der Waals surface area contributed by atoms with Crippen molar-refractivity contribution in [3.05, 3.63) is 102 Å². The van der Waals surface area contributed by atoms with E-state index in [2.05, 4.69) is 0 Å². The maximum absolute atomic E-state index is 12.0. The van der Waals surface area contributed by atoms with E-state index in [1.165, 1.54) is 0 Å². The number of carbonyl (C=O) groups is 2. The standard InChI is InChI=1S/C22H18O4/c23-21(25-16-18-7-3-1-4-8-18)15-17-11-13-20(14-12-17)26-22(24)19-9-5-2-6-10-19/h1-14H,15-16H2. The Morgan fingerprint density at radius 2 is 1.31 bits per heavy atom. The van der Waals surface area contributed by atoms with Crippen LogP contribution in [0.4, 0.5) is 0 Å². The number of rotatable bonds is 6. The Bertz CT molecular complexity index is 856. The molecule has 0 spiro atoms. The molecule has 3 aromatic rings. The van der Waals surface area contributed by atoms with Gasteiger partial charge in [0.25, 0.3) is 0 Å². The van der Waals surface area contributed by atoms with Crippen LogP contribution in [0.3, 0.4) is 0 Å². The van der Waals surface area contributed by atoms with Crippen molar-refractivity contribution in [2.45, 2.75) is 13.0 Å². The third-order valence-corrected chi connectivity index (χ3v) is 3.73. The predicted molar refractivity (Wildman–Crippen MR) is 97.8 cm³/mol. The topological polar surface area (TPSA) is 52.6 Å². The van der Waals surface area contributed by atoms with E-state index in [1.54, 1.807) is 48.5 Å². The first-order valence-electron chi connectivity index (χ1n) is 8.26. The summed E-state index contributed by atoms with van der Waals surface area (Å²) in [6.07, 6.45) is 0.166. The van der Waals surface area contributed by atoms with Gasteiger partial charge in [-0.3, -0.25) is 4.79 Å². The molecule has 26 heavy (non-hydrogen) atoms. The van der Waals surface area contributed by atoms with Gasteiger partial charge in [0.1, 0.15) is 12.4 Å². The minimum absolute atomic E-state index is 0.166. The lowest BCUT2D eigenvalue weighted by Crippen LogP contribution is -2.09. The molecule has 0 saturated carbocycles. The molecule has 0 aliphatic heterocycles. The van der Waals surface area contributed by atoms with Gasteiger partial charge in [-0.25, -0.2) is 4.79 Å². The van der Waals surface area contributed by atoms with Crippen molar-refractivity contribution in [3.63, 3.8) is 0 Å². The van der Waals surface area contributed by atoms with E-state index in [-0.39, 0.29) is 19.0 Å². The zero-order chi connectivity index (χ0) is 18.2. The van der Waals surface area contributed by atoms with Gasteiger partial charge in [0, 0.05) is 0 Å². The number of esters is 2. The molecule has 4 heteroatoms. The third-order valence-electron chi connectivity index (χ3n) is 3.73. The lowest BCUT2D eigenvalue weighted by molar-refractivity contribution is -0.144. The van der Waals surface area contributed by atoms with Gasteiger partial charge in [-0.1, -0.05) is 60.7 Å². The number of ether oxygens (including phenoxy) is 2. The number of hydrogen-bond acceptors (Lipinski definition) is 4. The molecule has 0 aliphatic rings. The highest BCUT2D eigenvalue weighted by molar-refractivity contribution is 5.90. The van der Waals surface area contributed by atoms with Crippen molar-refractivity contribution in [1.29, 1.82) is 0 Å². The SMILES string of the molecule is O=C(Cc1ccc(OC(=O)c2ccccc2)cc1)OCc1ccccc1. The fraction of sp³-hybridized carbons (Fsp3) is 0.0909. The van der Waals surface area contributed by atoms with Gasteiger partial charge in [-0.05, 0) is 35.4 Å². The van der Waals surface area contributed by atoms with Crippen molar-refractivity contribution >= 4 is 11.9 Å². The summed E-state index contributed by atoms with van der Waals surface area (Å²) in [4.78, 5) is 23.9. The van der Waals surface area contributed by atoms with E-state index in [4.69, 9.17) is 9.47 Å². The van der Waals surface area contributed by atoms with E-state index < -0.39 is 5.97 Å². The average molecular weight is 346 g/mol. The van der Waals surface area contributed by atoms with E-state index in [1.807, 2.05) is 36.4 Å². The summed E-state index contributed by atoms with van der Waals surface area (Å²) in [5, 5.41) is 0. The molecule has 0 aliphatic carbocycles. The summed E-state index contributed by atoms with van der Waals surface area (Å²) in [6, 6.07) is 25.1. The van der Waals surface area contributed by atoms with Crippen LogP contribution in [-0.2, 0) is 22.6 Å². The largest absolute Gasteiger partial charge is 0.461 e. The molecule has 3 aromatic carbocycles. The summed E-state index contributed by atoms with van der Waals surface area (Å²) in [5.41, 5.74) is 2.23. The van der Waals surface area contributed by atoms with Gasteiger partial charge < -0.3 is 9.47 Å². The molecule has 0 unspecified atom stereocenters. The minimum Gasteiger partial charge on any atom is -0.461 e. The number of hydrogen-bond donors (Lipinski definition) is 0. The summed E-state index contributed by atoms with van der Waals surface area (Å²) in [5.74, 6) is -0.288. The first kappa shape index (κ1) is 17.4. The Hall–Kier alpha value is -3.40. The molecule has 3 rings (SSSR count). The maximum Gasteiger partial charge on any atom is 0.343 e. The van der Waals surface area contributed by atoms with E-state index >= 15 is 0 Å². The molecule has 0 aromatic heterocycles. The first-order valence-corrected chi connectivity index (χ1v) is 8.26. The lowest BCUT2D eigenvalue weighted by atomic mass is 10.1. The second kappa shape index (κ2) is 8.62. The van der Waals surface area contributed by atoms with Crippen molar-refractivity contribution in [3.8, 4) is 5.75 Å². The molecule has 0 bridgehead atoms. The molecular formula is C22H18O4. The highest BCUT2D eigenvalue weighted by Crippen LogP contribution is 2.15. The van der Waals surface area contributed by atoms with Crippen LogP contribution in [0, 0.1) is 0 Å². The molecule has 0 saturated heterocycles. The minimum atomic E-state index is -0.416. The van der Waals surface area contributed by atoms with Crippen molar-refractivity contribution in [1.82, 2.24) is 0 Å². The molecule has 4 nitrogen and oxygen atoms in total.